The van der Waals surface area contributed by atoms with Gasteiger partial charge in [-0.2, -0.15) is 4.98 Å². The molecule has 0 spiro atoms. The summed E-state index contributed by atoms with van der Waals surface area (Å²) in [7, 11) is 3.21. The monoisotopic (exact) mass is 360 g/mol. The van der Waals surface area contributed by atoms with E-state index in [0.717, 1.165) is 12.1 Å². The van der Waals surface area contributed by atoms with E-state index in [1.54, 1.807) is 20.4 Å². The Labute approximate surface area is 154 Å². The number of nitrogens with zero attached hydrogens (tertiary/aromatic N) is 2. The Morgan fingerprint density at radius 3 is 2.23 bits per heavy atom. The van der Waals surface area contributed by atoms with Crippen molar-refractivity contribution in [2.75, 3.05) is 31.8 Å². The number of aromatic nitrogens is 2. The molecule has 1 heterocycles. The Hall–Kier alpha value is -2.70. The van der Waals surface area contributed by atoms with E-state index in [2.05, 4.69) is 43.0 Å². The molecule has 1 aromatic carbocycles. The first-order chi connectivity index (χ1) is 12.3. The maximum absolute atomic E-state index is 6.15. The minimum Gasteiger partial charge on any atom is -0.493 e. The van der Waals surface area contributed by atoms with Gasteiger partial charge in [0.15, 0.2) is 23.1 Å². The zero-order valence-electron chi connectivity index (χ0n) is 16.3. The molecule has 7 heteroatoms. The van der Waals surface area contributed by atoms with Gasteiger partial charge in [0.1, 0.15) is 5.75 Å². The van der Waals surface area contributed by atoms with Crippen LogP contribution in [0.3, 0.4) is 0 Å². The van der Waals surface area contributed by atoms with Crippen molar-refractivity contribution in [3.05, 3.63) is 23.9 Å². The molecule has 0 amide bonds. The van der Waals surface area contributed by atoms with Crippen LogP contribution in [0.25, 0.3) is 0 Å². The molecule has 3 N–H and O–H groups in total. The molecular formula is C19H28N4O3. The molecule has 0 fully saturated rings. The lowest BCUT2D eigenvalue weighted by Gasteiger charge is -2.19. The van der Waals surface area contributed by atoms with Gasteiger partial charge in [0, 0.05) is 18.2 Å². The molecule has 1 aromatic heterocycles. The number of nitrogen functional groups attached to an aromatic ring is 1. The van der Waals surface area contributed by atoms with Gasteiger partial charge in [-0.3, -0.25) is 0 Å². The summed E-state index contributed by atoms with van der Waals surface area (Å²) >= 11 is 0. The van der Waals surface area contributed by atoms with E-state index in [-0.39, 0.29) is 11.9 Å². The van der Waals surface area contributed by atoms with Crippen molar-refractivity contribution in [1.82, 2.24) is 9.97 Å². The highest BCUT2D eigenvalue weighted by Gasteiger charge is 2.17. The zero-order chi connectivity index (χ0) is 19.3. The fourth-order valence-corrected chi connectivity index (χ4v) is 2.42. The molecule has 0 unspecified atom stereocenters. The third kappa shape index (κ3) is 4.68. The van der Waals surface area contributed by atoms with Crippen molar-refractivity contribution in [2.24, 2.45) is 5.92 Å². The third-order valence-electron chi connectivity index (χ3n) is 3.81. The van der Waals surface area contributed by atoms with Crippen LogP contribution in [-0.4, -0.2) is 30.7 Å². The summed E-state index contributed by atoms with van der Waals surface area (Å²) in [5.74, 6) is 3.87. The molecule has 0 atom stereocenters. The number of ether oxygens (including phenoxy) is 3. The Morgan fingerprint density at radius 2 is 1.65 bits per heavy atom. The van der Waals surface area contributed by atoms with Gasteiger partial charge in [0.25, 0.3) is 0 Å². The first-order valence-electron chi connectivity index (χ1n) is 8.65. The predicted molar refractivity (Wildman–Crippen MR) is 103 cm³/mol. The molecule has 142 valence electrons. The summed E-state index contributed by atoms with van der Waals surface area (Å²) in [4.78, 5) is 8.33. The van der Waals surface area contributed by atoms with Crippen molar-refractivity contribution in [1.29, 1.82) is 0 Å². The number of nitrogens with one attached hydrogen (secondary N) is 1. The first kappa shape index (κ1) is 19.6. The SMILES string of the molecule is COc1cc(Oc2cnc(N)nc2NCC(C)C)c(C(C)C)cc1OC. The normalized spacial score (nSPS) is 10.9. The molecule has 26 heavy (non-hydrogen) atoms. The highest BCUT2D eigenvalue weighted by atomic mass is 16.5. The molecule has 0 saturated heterocycles. The van der Waals surface area contributed by atoms with Gasteiger partial charge >= 0.3 is 0 Å². The molecule has 2 rings (SSSR count). The lowest BCUT2D eigenvalue weighted by Crippen LogP contribution is -2.11. The summed E-state index contributed by atoms with van der Waals surface area (Å²) in [5.41, 5.74) is 6.73. The van der Waals surface area contributed by atoms with Crippen molar-refractivity contribution in [3.8, 4) is 23.0 Å². The highest BCUT2D eigenvalue weighted by Crippen LogP contribution is 2.40. The molecular weight excluding hydrogens is 332 g/mol. The van der Waals surface area contributed by atoms with Crippen LogP contribution in [0.5, 0.6) is 23.0 Å². The molecule has 0 aliphatic heterocycles. The van der Waals surface area contributed by atoms with Gasteiger partial charge in [-0.25, -0.2) is 4.98 Å². The number of methoxy groups -OCH3 is 2. The van der Waals surface area contributed by atoms with E-state index < -0.39 is 0 Å². The van der Waals surface area contributed by atoms with Crippen LogP contribution in [-0.2, 0) is 0 Å². The summed E-state index contributed by atoms with van der Waals surface area (Å²) in [6.45, 7) is 9.15. The lowest BCUT2D eigenvalue weighted by atomic mass is 10.0. The summed E-state index contributed by atoms with van der Waals surface area (Å²) in [6.07, 6.45) is 1.58. The quantitative estimate of drug-likeness (QED) is 0.733. The second kappa shape index (κ2) is 8.60. The average molecular weight is 360 g/mol. The van der Waals surface area contributed by atoms with Gasteiger partial charge < -0.3 is 25.3 Å². The van der Waals surface area contributed by atoms with Crippen LogP contribution >= 0.6 is 0 Å². The van der Waals surface area contributed by atoms with Crippen LogP contribution in [0.4, 0.5) is 11.8 Å². The average Bonchev–Trinajstić information content (AvgIpc) is 2.60. The summed E-state index contributed by atoms with van der Waals surface area (Å²) in [5, 5.41) is 3.26. The topological polar surface area (TPSA) is 91.5 Å². The fraction of sp³-hybridized carbons (Fsp3) is 0.474. The molecule has 0 aliphatic rings. The zero-order valence-corrected chi connectivity index (χ0v) is 16.3. The van der Waals surface area contributed by atoms with Crippen molar-refractivity contribution >= 4 is 11.8 Å². The van der Waals surface area contributed by atoms with E-state index in [1.165, 1.54) is 0 Å². The molecule has 0 radical (unpaired) electrons. The fourth-order valence-electron chi connectivity index (χ4n) is 2.42. The molecule has 0 aliphatic carbocycles. The van der Waals surface area contributed by atoms with Crippen molar-refractivity contribution in [2.45, 2.75) is 33.6 Å². The van der Waals surface area contributed by atoms with E-state index in [4.69, 9.17) is 19.9 Å². The standard InChI is InChI=1S/C19H28N4O3/c1-11(2)9-21-18-17(10-22-19(20)23-18)26-14-8-16(25-6)15(24-5)7-13(14)12(3)4/h7-8,10-12H,9H2,1-6H3,(H3,20,21,22,23). The maximum atomic E-state index is 6.15. The van der Waals surface area contributed by atoms with Crippen LogP contribution < -0.4 is 25.3 Å². The largest absolute Gasteiger partial charge is 0.493 e. The lowest BCUT2D eigenvalue weighted by molar-refractivity contribution is 0.350. The maximum Gasteiger partial charge on any atom is 0.222 e. The van der Waals surface area contributed by atoms with E-state index in [0.29, 0.717) is 34.7 Å². The molecule has 0 saturated carbocycles. The highest BCUT2D eigenvalue weighted by molar-refractivity contribution is 5.57. The Bertz CT molecular complexity index is 748. The van der Waals surface area contributed by atoms with E-state index in [1.807, 2.05) is 12.1 Å². The second-order valence-corrected chi connectivity index (χ2v) is 6.72. The van der Waals surface area contributed by atoms with E-state index in [9.17, 15) is 0 Å². The van der Waals surface area contributed by atoms with Crippen LogP contribution in [0, 0.1) is 5.92 Å². The van der Waals surface area contributed by atoms with Gasteiger partial charge in [-0.1, -0.05) is 27.7 Å². The number of hydrogen-bond acceptors (Lipinski definition) is 7. The van der Waals surface area contributed by atoms with Gasteiger partial charge in [-0.15, -0.1) is 0 Å². The number of nitrogens with two attached hydrogens (primary N) is 1. The molecule has 2 aromatic rings. The van der Waals surface area contributed by atoms with Gasteiger partial charge in [0.2, 0.25) is 5.95 Å². The van der Waals surface area contributed by atoms with Crippen molar-refractivity contribution in [3.63, 3.8) is 0 Å². The van der Waals surface area contributed by atoms with Crippen molar-refractivity contribution < 1.29 is 14.2 Å². The van der Waals surface area contributed by atoms with Crippen LogP contribution in [0.15, 0.2) is 18.3 Å². The van der Waals surface area contributed by atoms with Gasteiger partial charge in [-0.05, 0) is 17.9 Å². The predicted octanol–water partition coefficient (Wildman–Crippen LogP) is 4.06. The number of rotatable bonds is 8. The van der Waals surface area contributed by atoms with Crippen LogP contribution in [0.1, 0.15) is 39.2 Å². The Morgan fingerprint density at radius 1 is 1.00 bits per heavy atom. The minimum atomic E-state index is 0.194. The number of benzene rings is 1. The van der Waals surface area contributed by atoms with E-state index >= 15 is 0 Å². The first-order valence-corrected chi connectivity index (χ1v) is 8.65. The van der Waals surface area contributed by atoms with Crippen LogP contribution in [0.2, 0.25) is 0 Å². The Balaban J connectivity index is 2.44. The molecule has 7 nitrogen and oxygen atoms in total. The summed E-state index contributed by atoms with van der Waals surface area (Å²) in [6, 6.07) is 3.75. The Kier molecular flexibility index (Phi) is 6.49. The third-order valence-corrected chi connectivity index (χ3v) is 3.81. The number of anilines is 2. The summed E-state index contributed by atoms with van der Waals surface area (Å²) < 4.78 is 17.0. The second-order valence-electron chi connectivity index (χ2n) is 6.72. The minimum absolute atomic E-state index is 0.194. The number of hydrogen-bond donors (Lipinski definition) is 2. The smallest absolute Gasteiger partial charge is 0.222 e. The molecule has 0 bridgehead atoms. The van der Waals surface area contributed by atoms with Gasteiger partial charge in [0.05, 0.1) is 20.4 Å².